The molecule has 0 fully saturated rings. The van der Waals surface area contributed by atoms with Crippen LogP contribution >= 0.6 is 0 Å². The van der Waals surface area contributed by atoms with Crippen LogP contribution in [0.4, 0.5) is 4.79 Å². The van der Waals surface area contributed by atoms with Crippen molar-refractivity contribution in [3.63, 3.8) is 0 Å². The van der Waals surface area contributed by atoms with Crippen molar-refractivity contribution in [2.45, 2.75) is 85.2 Å². The summed E-state index contributed by atoms with van der Waals surface area (Å²) in [6.07, 6.45) is 0.231. The van der Waals surface area contributed by atoms with Gasteiger partial charge in [0.15, 0.2) is 8.32 Å². The quantitative estimate of drug-likeness (QED) is 0.490. The Morgan fingerprint density at radius 3 is 2.00 bits per heavy atom. The minimum absolute atomic E-state index is 0.0781. The molecule has 0 saturated heterocycles. The second kappa shape index (κ2) is 8.99. The van der Waals surface area contributed by atoms with Gasteiger partial charge >= 0.3 is 6.09 Å². The van der Waals surface area contributed by atoms with Gasteiger partial charge in [-0.2, -0.15) is 0 Å². The second-order valence-corrected chi connectivity index (χ2v) is 13.2. The fourth-order valence-corrected chi connectivity index (χ4v) is 4.06. The van der Waals surface area contributed by atoms with Crippen LogP contribution in [0.3, 0.4) is 0 Å². The second-order valence-electron chi connectivity index (χ2n) is 8.48. The van der Waals surface area contributed by atoms with Crippen molar-refractivity contribution < 1.29 is 18.8 Å². The summed E-state index contributed by atoms with van der Waals surface area (Å²) in [4.78, 5) is 22.6. The molecule has 0 rings (SSSR count). The summed E-state index contributed by atoms with van der Waals surface area (Å²) in [6, 6.07) is 0. The first-order valence-electron chi connectivity index (χ1n) is 8.87. The number of ether oxygens (including phenoxy) is 1. The van der Waals surface area contributed by atoms with Crippen LogP contribution in [0.15, 0.2) is 0 Å². The highest BCUT2D eigenvalue weighted by Crippen LogP contribution is 2.40. The lowest BCUT2D eigenvalue weighted by Gasteiger charge is -2.44. The van der Waals surface area contributed by atoms with E-state index in [9.17, 15) is 9.59 Å². The van der Waals surface area contributed by atoms with E-state index in [1.165, 1.54) is 0 Å². The van der Waals surface area contributed by atoms with Gasteiger partial charge in [0.1, 0.15) is 12.4 Å². The zero-order valence-electron chi connectivity index (χ0n) is 16.9. The molecule has 1 amide bonds. The van der Waals surface area contributed by atoms with E-state index >= 15 is 0 Å². The number of carbonyl (C=O) groups excluding carboxylic acids is 2. The molecule has 0 unspecified atom stereocenters. The van der Waals surface area contributed by atoms with Crippen molar-refractivity contribution in [1.29, 1.82) is 0 Å². The maximum Gasteiger partial charge on any atom is 0.404 e. The number of hydrogen-bond acceptors (Lipinski definition) is 4. The Bertz CT molecular complexity index is 420. The van der Waals surface area contributed by atoms with Gasteiger partial charge in [0, 0.05) is 11.8 Å². The largest absolute Gasteiger partial charge is 0.445 e. The van der Waals surface area contributed by atoms with Crippen LogP contribution in [0.1, 0.15) is 54.9 Å². The average Bonchev–Trinajstić information content (AvgIpc) is 2.46. The van der Waals surface area contributed by atoms with Gasteiger partial charge in [0.2, 0.25) is 0 Å². The molecule has 0 aromatic rings. The zero-order chi connectivity index (χ0) is 19.3. The Hall–Kier alpha value is -0.883. The van der Waals surface area contributed by atoms with Crippen LogP contribution in [0, 0.1) is 17.8 Å². The molecule has 6 heteroatoms. The minimum atomic E-state index is -2.00. The Morgan fingerprint density at radius 1 is 1.17 bits per heavy atom. The van der Waals surface area contributed by atoms with Crippen molar-refractivity contribution in [2.24, 2.45) is 23.5 Å². The lowest BCUT2D eigenvalue weighted by Crippen LogP contribution is -2.50. The predicted molar refractivity (Wildman–Crippen MR) is 100 cm³/mol. The van der Waals surface area contributed by atoms with Crippen molar-refractivity contribution in [2.75, 3.05) is 0 Å². The standard InChI is InChI=1S/C18H37NO4Si/c1-10-12(2)16(23-24(8,9)18(5,6)7)14(4)15(13(3)11-20)22-17(19)21/h11-16H,10H2,1-9H3,(H2,19,21)/t12-,13-,14+,15-,16+/m0/s1. The first-order chi connectivity index (χ1) is 10.8. The fourth-order valence-electron chi connectivity index (χ4n) is 2.58. The molecular weight excluding hydrogens is 322 g/mol. The Balaban J connectivity index is 5.62. The van der Waals surface area contributed by atoms with Gasteiger partial charge in [-0.25, -0.2) is 4.79 Å². The zero-order valence-corrected chi connectivity index (χ0v) is 17.9. The van der Waals surface area contributed by atoms with E-state index in [0.29, 0.717) is 0 Å². The van der Waals surface area contributed by atoms with Gasteiger partial charge in [-0.05, 0) is 24.1 Å². The molecule has 0 saturated carbocycles. The Labute approximate surface area is 148 Å². The summed E-state index contributed by atoms with van der Waals surface area (Å²) >= 11 is 0. The molecule has 0 aromatic heterocycles. The van der Waals surface area contributed by atoms with Gasteiger partial charge in [0.25, 0.3) is 0 Å². The number of hydrogen-bond donors (Lipinski definition) is 1. The lowest BCUT2D eigenvalue weighted by molar-refractivity contribution is -0.116. The molecule has 5 atom stereocenters. The number of rotatable bonds is 9. The maximum atomic E-state index is 11.3. The summed E-state index contributed by atoms with van der Waals surface area (Å²) in [7, 11) is -2.00. The summed E-state index contributed by atoms with van der Waals surface area (Å²) in [5, 5.41) is 0.0781. The van der Waals surface area contributed by atoms with Crippen LogP contribution in [0.5, 0.6) is 0 Å². The van der Waals surface area contributed by atoms with Crippen LogP contribution in [-0.4, -0.2) is 32.9 Å². The first-order valence-corrected chi connectivity index (χ1v) is 11.8. The van der Waals surface area contributed by atoms with E-state index in [4.69, 9.17) is 14.9 Å². The monoisotopic (exact) mass is 359 g/mol. The van der Waals surface area contributed by atoms with Gasteiger partial charge in [-0.1, -0.05) is 54.9 Å². The third kappa shape index (κ3) is 6.20. The third-order valence-electron chi connectivity index (χ3n) is 5.46. The number of nitrogens with two attached hydrogens (primary N) is 1. The molecule has 0 aliphatic carbocycles. The maximum absolute atomic E-state index is 11.3. The van der Waals surface area contributed by atoms with Crippen molar-refractivity contribution in [3.8, 4) is 0 Å². The average molecular weight is 360 g/mol. The van der Waals surface area contributed by atoms with Gasteiger partial charge in [-0.3, -0.25) is 0 Å². The lowest BCUT2D eigenvalue weighted by atomic mass is 9.83. The van der Waals surface area contributed by atoms with E-state index in [2.05, 4.69) is 47.7 Å². The van der Waals surface area contributed by atoms with Crippen molar-refractivity contribution in [1.82, 2.24) is 0 Å². The summed E-state index contributed by atoms with van der Waals surface area (Å²) in [5.74, 6) is -0.268. The molecule has 24 heavy (non-hydrogen) atoms. The van der Waals surface area contributed by atoms with Gasteiger partial charge in [0.05, 0.1) is 6.10 Å². The smallest absolute Gasteiger partial charge is 0.404 e. The highest BCUT2D eigenvalue weighted by molar-refractivity contribution is 6.74. The topological polar surface area (TPSA) is 78.6 Å². The summed E-state index contributed by atoms with van der Waals surface area (Å²) in [6.45, 7) is 19.0. The Morgan fingerprint density at radius 2 is 1.67 bits per heavy atom. The molecule has 0 heterocycles. The molecule has 5 nitrogen and oxygen atoms in total. The molecule has 0 spiro atoms. The summed E-state index contributed by atoms with van der Waals surface area (Å²) in [5.41, 5.74) is 5.22. The number of amides is 1. The van der Waals surface area contributed by atoms with Crippen LogP contribution in [0.25, 0.3) is 0 Å². The first kappa shape index (κ1) is 23.1. The highest BCUT2D eigenvalue weighted by atomic mass is 28.4. The van der Waals surface area contributed by atoms with Crippen LogP contribution in [-0.2, 0) is 14.0 Å². The molecule has 0 bridgehead atoms. The van der Waals surface area contributed by atoms with Crippen LogP contribution in [0.2, 0.25) is 18.1 Å². The molecule has 0 aliphatic rings. The predicted octanol–water partition coefficient (Wildman–Crippen LogP) is 4.36. The minimum Gasteiger partial charge on any atom is -0.445 e. The van der Waals surface area contributed by atoms with E-state index in [1.54, 1.807) is 6.92 Å². The molecule has 0 aromatic carbocycles. The summed E-state index contributed by atoms with van der Waals surface area (Å²) < 4.78 is 11.9. The molecule has 2 N–H and O–H groups in total. The number of primary amides is 1. The van der Waals surface area contributed by atoms with Gasteiger partial charge < -0.3 is 19.7 Å². The van der Waals surface area contributed by atoms with E-state index < -0.39 is 26.4 Å². The SMILES string of the molecule is CC[C@H](C)[C@@H](O[Si](C)(C)C(C)(C)C)[C@H](C)[C@@H](OC(N)=O)[C@@H](C)C=O. The highest BCUT2D eigenvalue weighted by Gasteiger charge is 2.43. The van der Waals surface area contributed by atoms with E-state index in [1.807, 2.05) is 6.92 Å². The normalized spacial score (nSPS) is 19.0. The van der Waals surface area contributed by atoms with Crippen molar-refractivity contribution >= 4 is 20.7 Å². The molecular formula is C18H37NO4Si. The van der Waals surface area contributed by atoms with Crippen LogP contribution < -0.4 is 5.73 Å². The third-order valence-corrected chi connectivity index (χ3v) is 9.94. The van der Waals surface area contributed by atoms with E-state index in [-0.39, 0.29) is 23.0 Å². The number of carbonyl (C=O) groups is 2. The number of aldehydes is 1. The van der Waals surface area contributed by atoms with Crippen molar-refractivity contribution in [3.05, 3.63) is 0 Å². The fraction of sp³-hybridized carbons (Fsp3) is 0.889. The molecule has 0 aliphatic heterocycles. The molecule has 0 radical (unpaired) electrons. The Kier molecular flexibility index (Phi) is 8.66. The van der Waals surface area contributed by atoms with E-state index in [0.717, 1.165) is 12.7 Å². The molecule has 142 valence electrons. The van der Waals surface area contributed by atoms with Gasteiger partial charge in [-0.15, -0.1) is 0 Å².